The largest absolute Gasteiger partial charge is 0.309 e. The number of halogens is 2. The predicted molar refractivity (Wildman–Crippen MR) is 95.8 cm³/mol. The molecule has 1 atom stereocenters. The Balaban J connectivity index is 1.97. The third-order valence-corrected chi connectivity index (χ3v) is 5.59. The van der Waals surface area contributed by atoms with Crippen LogP contribution in [0.2, 0.25) is 0 Å². The van der Waals surface area contributed by atoms with E-state index in [0.29, 0.717) is 0 Å². The fraction of sp³-hybridized carbons (Fsp3) is 0.333. The van der Waals surface area contributed by atoms with Gasteiger partial charge in [0.25, 0.3) is 0 Å². The Morgan fingerprint density at radius 2 is 1.90 bits per heavy atom. The van der Waals surface area contributed by atoms with Crippen LogP contribution < -0.4 is 5.32 Å². The van der Waals surface area contributed by atoms with Gasteiger partial charge in [-0.25, -0.2) is 0 Å². The average Bonchev–Trinajstić information content (AvgIpc) is 2.42. The zero-order valence-corrected chi connectivity index (χ0v) is 15.2. The van der Waals surface area contributed by atoms with Crippen LogP contribution in [0.15, 0.2) is 51.4 Å². The highest BCUT2D eigenvalue weighted by molar-refractivity contribution is 9.11. The summed E-state index contributed by atoms with van der Waals surface area (Å²) in [5, 5.41) is 3.45. The van der Waals surface area contributed by atoms with Crippen LogP contribution in [0.4, 0.5) is 0 Å². The third-order valence-electron chi connectivity index (χ3n) is 4.38. The van der Waals surface area contributed by atoms with Crippen LogP contribution in [0.3, 0.4) is 0 Å². The van der Waals surface area contributed by atoms with Crippen LogP contribution >= 0.6 is 31.9 Å². The van der Waals surface area contributed by atoms with Gasteiger partial charge in [0, 0.05) is 8.95 Å². The monoisotopic (exact) mass is 407 g/mol. The summed E-state index contributed by atoms with van der Waals surface area (Å²) in [7, 11) is 2.02. The average molecular weight is 409 g/mol. The maximum atomic E-state index is 3.68. The zero-order valence-electron chi connectivity index (χ0n) is 12.1. The molecule has 0 saturated heterocycles. The lowest BCUT2D eigenvalue weighted by Crippen LogP contribution is -2.19. The van der Waals surface area contributed by atoms with Gasteiger partial charge < -0.3 is 5.32 Å². The second kappa shape index (κ2) is 6.64. The van der Waals surface area contributed by atoms with Gasteiger partial charge in [0.1, 0.15) is 0 Å². The van der Waals surface area contributed by atoms with Crippen LogP contribution in [0.1, 0.15) is 47.9 Å². The van der Waals surface area contributed by atoms with Crippen molar-refractivity contribution >= 4 is 31.9 Å². The van der Waals surface area contributed by atoms with Gasteiger partial charge in [-0.15, -0.1) is 0 Å². The van der Waals surface area contributed by atoms with Crippen molar-refractivity contribution in [2.24, 2.45) is 0 Å². The number of benzene rings is 2. The molecule has 0 heterocycles. The summed E-state index contributed by atoms with van der Waals surface area (Å²) >= 11 is 7.26. The van der Waals surface area contributed by atoms with Gasteiger partial charge in [-0.2, -0.15) is 0 Å². The quantitative estimate of drug-likeness (QED) is 0.675. The van der Waals surface area contributed by atoms with E-state index in [-0.39, 0.29) is 6.04 Å². The lowest BCUT2D eigenvalue weighted by molar-refractivity contribution is 0.419. The smallest absolute Gasteiger partial charge is 0.0585 e. The molecule has 1 fully saturated rings. The minimum absolute atomic E-state index is 0.205. The second-order valence-electron chi connectivity index (χ2n) is 5.69. The summed E-state index contributed by atoms with van der Waals surface area (Å²) in [6.07, 6.45) is 4.06. The van der Waals surface area contributed by atoms with E-state index in [1.807, 2.05) is 7.05 Å². The van der Waals surface area contributed by atoms with Crippen LogP contribution in [0.25, 0.3) is 0 Å². The van der Waals surface area contributed by atoms with Crippen LogP contribution in [-0.4, -0.2) is 7.05 Å². The van der Waals surface area contributed by atoms with Gasteiger partial charge in [-0.1, -0.05) is 62.5 Å². The molecule has 21 heavy (non-hydrogen) atoms. The number of rotatable bonds is 4. The maximum absolute atomic E-state index is 3.68. The predicted octanol–water partition coefficient (Wildman–Crippen LogP) is 5.79. The van der Waals surface area contributed by atoms with E-state index in [1.165, 1.54) is 36.0 Å². The minimum atomic E-state index is 0.205. The summed E-state index contributed by atoms with van der Waals surface area (Å²) in [6, 6.07) is 15.6. The molecular weight excluding hydrogens is 390 g/mol. The molecule has 110 valence electrons. The van der Waals surface area contributed by atoms with E-state index >= 15 is 0 Å². The highest BCUT2D eigenvalue weighted by atomic mass is 79.9. The van der Waals surface area contributed by atoms with Crippen molar-refractivity contribution in [3.8, 4) is 0 Å². The van der Waals surface area contributed by atoms with Crippen LogP contribution in [-0.2, 0) is 0 Å². The molecule has 0 amide bonds. The summed E-state index contributed by atoms with van der Waals surface area (Å²) < 4.78 is 2.25. The number of nitrogens with one attached hydrogen (secondary N) is 1. The van der Waals surface area contributed by atoms with E-state index in [1.54, 1.807) is 0 Å². The Morgan fingerprint density at radius 3 is 2.57 bits per heavy atom. The van der Waals surface area contributed by atoms with Crippen molar-refractivity contribution in [2.75, 3.05) is 7.05 Å². The summed E-state index contributed by atoms with van der Waals surface area (Å²) in [6.45, 7) is 0. The molecule has 2 aromatic rings. The molecule has 1 aliphatic carbocycles. The number of hydrogen-bond acceptors (Lipinski definition) is 1. The van der Waals surface area contributed by atoms with Crippen LogP contribution in [0.5, 0.6) is 0 Å². The molecule has 0 aromatic heterocycles. The van der Waals surface area contributed by atoms with Crippen molar-refractivity contribution in [3.63, 3.8) is 0 Å². The molecule has 1 N–H and O–H groups in total. The first-order valence-corrected chi connectivity index (χ1v) is 8.99. The maximum Gasteiger partial charge on any atom is 0.0585 e. The molecule has 1 saturated carbocycles. The lowest BCUT2D eigenvalue weighted by Gasteiger charge is -2.27. The fourth-order valence-corrected chi connectivity index (χ4v) is 3.83. The Kier molecular flexibility index (Phi) is 4.82. The Labute approximate surface area is 143 Å². The van der Waals surface area contributed by atoms with Gasteiger partial charge >= 0.3 is 0 Å². The Hall–Kier alpha value is -0.640. The Bertz CT molecular complexity index is 635. The van der Waals surface area contributed by atoms with E-state index in [9.17, 15) is 0 Å². The molecular formula is C18H19Br2N. The van der Waals surface area contributed by atoms with Crippen molar-refractivity contribution in [2.45, 2.75) is 31.2 Å². The highest BCUT2D eigenvalue weighted by Crippen LogP contribution is 2.38. The molecule has 1 aliphatic rings. The third kappa shape index (κ3) is 3.25. The van der Waals surface area contributed by atoms with Gasteiger partial charge in [0.05, 0.1) is 6.04 Å². The summed E-state index contributed by atoms with van der Waals surface area (Å²) in [4.78, 5) is 0. The Morgan fingerprint density at radius 1 is 1.10 bits per heavy atom. The van der Waals surface area contributed by atoms with Gasteiger partial charge in [0.2, 0.25) is 0 Å². The van der Waals surface area contributed by atoms with Gasteiger partial charge in [-0.05, 0) is 60.7 Å². The van der Waals surface area contributed by atoms with E-state index in [2.05, 4.69) is 79.6 Å². The van der Waals surface area contributed by atoms with Crippen molar-refractivity contribution < 1.29 is 0 Å². The SMILES string of the molecule is CNC(c1cccc(C2CCC2)c1)c1cc(Br)ccc1Br. The normalized spacial score (nSPS) is 16.5. The molecule has 0 radical (unpaired) electrons. The van der Waals surface area contributed by atoms with Crippen molar-refractivity contribution in [1.29, 1.82) is 0 Å². The topological polar surface area (TPSA) is 12.0 Å². The first-order valence-electron chi connectivity index (χ1n) is 7.41. The summed E-state index contributed by atoms with van der Waals surface area (Å²) in [5.74, 6) is 0.772. The molecule has 3 heteroatoms. The highest BCUT2D eigenvalue weighted by Gasteiger charge is 2.21. The van der Waals surface area contributed by atoms with E-state index < -0.39 is 0 Å². The van der Waals surface area contributed by atoms with E-state index in [0.717, 1.165) is 14.9 Å². The molecule has 2 aromatic carbocycles. The van der Waals surface area contributed by atoms with Crippen molar-refractivity contribution in [1.82, 2.24) is 5.32 Å². The second-order valence-corrected chi connectivity index (χ2v) is 7.46. The van der Waals surface area contributed by atoms with Gasteiger partial charge in [0.15, 0.2) is 0 Å². The molecule has 0 bridgehead atoms. The van der Waals surface area contributed by atoms with E-state index in [4.69, 9.17) is 0 Å². The number of hydrogen-bond donors (Lipinski definition) is 1. The first-order chi connectivity index (χ1) is 10.2. The molecule has 1 nitrogen and oxygen atoms in total. The first kappa shape index (κ1) is 15.3. The molecule has 0 aliphatic heterocycles. The zero-order chi connectivity index (χ0) is 14.8. The summed E-state index contributed by atoms with van der Waals surface area (Å²) in [5.41, 5.74) is 4.09. The molecule has 0 spiro atoms. The molecule has 3 rings (SSSR count). The van der Waals surface area contributed by atoms with Crippen LogP contribution in [0, 0.1) is 0 Å². The standard InChI is InChI=1S/C18H19Br2N/c1-21-18(16-11-15(19)8-9-17(16)20)14-7-3-6-13(10-14)12-4-2-5-12/h3,6-12,18,21H,2,4-5H2,1H3. The molecule has 1 unspecified atom stereocenters. The minimum Gasteiger partial charge on any atom is -0.309 e. The fourth-order valence-electron chi connectivity index (χ4n) is 2.97. The lowest BCUT2D eigenvalue weighted by atomic mass is 9.79. The van der Waals surface area contributed by atoms with Crippen molar-refractivity contribution in [3.05, 3.63) is 68.1 Å². The van der Waals surface area contributed by atoms with Gasteiger partial charge in [-0.3, -0.25) is 0 Å².